The van der Waals surface area contributed by atoms with Crippen LogP contribution in [0.25, 0.3) is 0 Å². The quantitative estimate of drug-likeness (QED) is 0.581. The SMILES string of the molecule is COC(=O)c1ccc(OC(C)c2nc(N)nc(Nc3ccccc3)n2)c(OC)c1. The number of para-hydroxylation sites is 1. The second kappa shape index (κ2) is 8.87. The van der Waals surface area contributed by atoms with E-state index in [1.165, 1.54) is 20.3 Å². The van der Waals surface area contributed by atoms with Crippen LogP contribution in [0.3, 0.4) is 0 Å². The van der Waals surface area contributed by atoms with E-state index in [1.807, 2.05) is 30.3 Å². The van der Waals surface area contributed by atoms with Crippen LogP contribution in [0.2, 0.25) is 0 Å². The lowest BCUT2D eigenvalue weighted by atomic mass is 10.2. The summed E-state index contributed by atoms with van der Waals surface area (Å²) in [6.07, 6.45) is -0.561. The molecular weight excluding hydrogens is 374 g/mol. The number of benzene rings is 2. The van der Waals surface area contributed by atoms with Crippen molar-refractivity contribution in [3.8, 4) is 11.5 Å². The summed E-state index contributed by atoms with van der Waals surface area (Å²) in [5.74, 6) is 1.05. The minimum atomic E-state index is -0.561. The molecule has 0 saturated carbocycles. The highest BCUT2D eigenvalue weighted by molar-refractivity contribution is 5.90. The number of hydrogen-bond donors (Lipinski definition) is 2. The smallest absolute Gasteiger partial charge is 0.337 e. The fourth-order valence-electron chi connectivity index (χ4n) is 2.55. The first kappa shape index (κ1) is 19.9. The molecule has 0 saturated heterocycles. The van der Waals surface area contributed by atoms with Crippen LogP contribution in [0, 0.1) is 0 Å². The zero-order valence-electron chi connectivity index (χ0n) is 16.2. The minimum absolute atomic E-state index is 0.0666. The maximum Gasteiger partial charge on any atom is 0.337 e. The topological polar surface area (TPSA) is 121 Å². The van der Waals surface area contributed by atoms with Gasteiger partial charge in [-0.25, -0.2) is 4.79 Å². The van der Waals surface area contributed by atoms with Crippen molar-refractivity contribution in [2.75, 3.05) is 25.3 Å². The lowest BCUT2D eigenvalue weighted by Gasteiger charge is -2.17. The lowest BCUT2D eigenvalue weighted by molar-refractivity contribution is 0.0600. The molecule has 2 aromatic carbocycles. The van der Waals surface area contributed by atoms with E-state index in [9.17, 15) is 4.79 Å². The number of hydrogen-bond acceptors (Lipinski definition) is 9. The molecule has 0 aliphatic rings. The van der Waals surface area contributed by atoms with Crippen LogP contribution < -0.4 is 20.5 Å². The molecule has 150 valence electrons. The number of aromatic nitrogens is 3. The summed E-state index contributed by atoms with van der Waals surface area (Å²) in [6.45, 7) is 1.77. The molecule has 3 N–H and O–H groups in total. The molecule has 0 spiro atoms. The van der Waals surface area contributed by atoms with E-state index in [2.05, 4.69) is 20.3 Å². The summed E-state index contributed by atoms with van der Waals surface area (Å²) in [6, 6.07) is 14.2. The van der Waals surface area contributed by atoms with Crippen molar-refractivity contribution in [1.82, 2.24) is 15.0 Å². The summed E-state index contributed by atoms with van der Waals surface area (Å²) in [5, 5.41) is 3.08. The van der Waals surface area contributed by atoms with Crippen LogP contribution >= 0.6 is 0 Å². The van der Waals surface area contributed by atoms with E-state index in [0.29, 0.717) is 28.8 Å². The molecule has 1 atom stereocenters. The monoisotopic (exact) mass is 395 g/mol. The number of nitrogens with zero attached hydrogens (tertiary/aromatic N) is 3. The molecule has 0 aliphatic carbocycles. The number of rotatable bonds is 7. The molecule has 3 aromatic rings. The maximum absolute atomic E-state index is 11.7. The normalized spacial score (nSPS) is 11.4. The Balaban J connectivity index is 1.82. The van der Waals surface area contributed by atoms with Crippen LogP contribution in [0.5, 0.6) is 11.5 Å². The van der Waals surface area contributed by atoms with Gasteiger partial charge in [-0.1, -0.05) is 18.2 Å². The highest BCUT2D eigenvalue weighted by Gasteiger charge is 2.18. The first-order valence-electron chi connectivity index (χ1n) is 8.76. The fraction of sp³-hybridized carbons (Fsp3) is 0.200. The molecule has 29 heavy (non-hydrogen) atoms. The molecule has 9 heteroatoms. The van der Waals surface area contributed by atoms with Crippen LogP contribution in [-0.4, -0.2) is 35.1 Å². The van der Waals surface area contributed by atoms with E-state index < -0.39 is 12.1 Å². The molecule has 1 unspecified atom stereocenters. The number of carbonyl (C=O) groups is 1. The molecule has 0 fully saturated rings. The number of nitrogens with two attached hydrogens (primary N) is 1. The number of carbonyl (C=O) groups excluding carboxylic acids is 1. The van der Waals surface area contributed by atoms with E-state index >= 15 is 0 Å². The minimum Gasteiger partial charge on any atom is -0.493 e. The van der Waals surface area contributed by atoms with Crippen molar-refractivity contribution in [2.45, 2.75) is 13.0 Å². The molecule has 0 amide bonds. The van der Waals surface area contributed by atoms with Gasteiger partial charge in [0, 0.05) is 5.69 Å². The molecular formula is C20H21N5O4. The van der Waals surface area contributed by atoms with Crippen molar-refractivity contribution < 1.29 is 19.0 Å². The third kappa shape index (κ3) is 4.89. The van der Waals surface area contributed by atoms with Crippen molar-refractivity contribution in [3.05, 3.63) is 59.9 Å². The van der Waals surface area contributed by atoms with Crippen molar-refractivity contribution in [3.63, 3.8) is 0 Å². The Morgan fingerprint density at radius 2 is 1.79 bits per heavy atom. The number of nitrogen functional groups attached to an aromatic ring is 1. The van der Waals surface area contributed by atoms with Crippen LogP contribution in [-0.2, 0) is 4.74 Å². The first-order chi connectivity index (χ1) is 14.0. The summed E-state index contributed by atoms with van der Waals surface area (Å²) >= 11 is 0. The molecule has 1 heterocycles. The van der Waals surface area contributed by atoms with E-state index in [1.54, 1.807) is 19.1 Å². The third-order valence-corrected chi connectivity index (χ3v) is 3.95. The predicted octanol–water partition coefficient (Wildman–Crippen LogP) is 3.13. The van der Waals surface area contributed by atoms with Gasteiger partial charge in [0.2, 0.25) is 11.9 Å². The first-order valence-corrected chi connectivity index (χ1v) is 8.76. The molecule has 0 bridgehead atoms. The number of esters is 1. The molecule has 0 radical (unpaired) electrons. The highest BCUT2D eigenvalue weighted by atomic mass is 16.5. The van der Waals surface area contributed by atoms with Gasteiger partial charge in [-0.3, -0.25) is 0 Å². The van der Waals surface area contributed by atoms with Gasteiger partial charge in [-0.05, 0) is 37.3 Å². The number of anilines is 3. The van der Waals surface area contributed by atoms with Crippen molar-refractivity contribution in [1.29, 1.82) is 0 Å². The number of ether oxygens (including phenoxy) is 3. The maximum atomic E-state index is 11.7. The zero-order valence-corrected chi connectivity index (χ0v) is 16.2. The molecule has 0 aliphatic heterocycles. The van der Waals surface area contributed by atoms with Crippen LogP contribution in [0.15, 0.2) is 48.5 Å². The Hall–Kier alpha value is -3.88. The third-order valence-electron chi connectivity index (χ3n) is 3.95. The van der Waals surface area contributed by atoms with Crippen LogP contribution in [0.4, 0.5) is 17.6 Å². The predicted molar refractivity (Wildman–Crippen MR) is 107 cm³/mol. The molecule has 1 aromatic heterocycles. The van der Waals surface area contributed by atoms with Gasteiger partial charge in [0.05, 0.1) is 19.8 Å². The Kier molecular flexibility index (Phi) is 6.08. The summed E-state index contributed by atoms with van der Waals surface area (Å²) in [5.41, 5.74) is 7.00. The van der Waals surface area contributed by atoms with Crippen LogP contribution in [0.1, 0.15) is 29.2 Å². The lowest BCUT2D eigenvalue weighted by Crippen LogP contribution is -2.13. The Labute approximate surface area is 167 Å². The van der Waals surface area contributed by atoms with Gasteiger partial charge >= 0.3 is 5.97 Å². The van der Waals surface area contributed by atoms with Gasteiger partial charge in [0.1, 0.15) is 0 Å². The zero-order chi connectivity index (χ0) is 20.8. The summed E-state index contributed by atoms with van der Waals surface area (Å²) < 4.78 is 16.0. The largest absolute Gasteiger partial charge is 0.493 e. The molecule has 3 rings (SSSR count). The Bertz CT molecular complexity index is 997. The number of methoxy groups -OCH3 is 2. The van der Waals surface area contributed by atoms with Gasteiger partial charge in [-0.2, -0.15) is 15.0 Å². The Morgan fingerprint density at radius 1 is 1.03 bits per heavy atom. The van der Waals surface area contributed by atoms with Gasteiger partial charge < -0.3 is 25.3 Å². The fourth-order valence-corrected chi connectivity index (χ4v) is 2.55. The molecule has 9 nitrogen and oxygen atoms in total. The van der Waals surface area contributed by atoms with E-state index in [0.717, 1.165) is 5.69 Å². The second-order valence-electron chi connectivity index (χ2n) is 5.98. The number of nitrogens with one attached hydrogen (secondary N) is 1. The van der Waals surface area contributed by atoms with E-state index in [-0.39, 0.29) is 5.95 Å². The standard InChI is InChI=1S/C20H21N5O4/c1-12(29-15-10-9-13(18(26)28-3)11-16(15)27-2)17-23-19(21)25-20(24-17)22-14-7-5-4-6-8-14/h4-12H,1-3H3,(H3,21,22,23,24,25). The van der Waals surface area contributed by atoms with Gasteiger partial charge in [0.15, 0.2) is 23.4 Å². The van der Waals surface area contributed by atoms with E-state index in [4.69, 9.17) is 19.9 Å². The summed E-state index contributed by atoms with van der Waals surface area (Å²) in [7, 11) is 2.80. The Morgan fingerprint density at radius 3 is 2.48 bits per heavy atom. The average molecular weight is 395 g/mol. The highest BCUT2D eigenvalue weighted by Crippen LogP contribution is 2.32. The van der Waals surface area contributed by atoms with Gasteiger partial charge in [-0.15, -0.1) is 0 Å². The van der Waals surface area contributed by atoms with Crippen molar-refractivity contribution >= 4 is 23.6 Å². The average Bonchev–Trinajstić information content (AvgIpc) is 2.73. The van der Waals surface area contributed by atoms with Gasteiger partial charge in [0.25, 0.3) is 0 Å². The van der Waals surface area contributed by atoms with Crippen molar-refractivity contribution in [2.24, 2.45) is 0 Å². The summed E-state index contributed by atoms with van der Waals surface area (Å²) in [4.78, 5) is 24.3. The second-order valence-corrected chi connectivity index (χ2v) is 5.98.